The molecule has 0 saturated heterocycles. The molecule has 1 aromatic carbocycles. The lowest BCUT2D eigenvalue weighted by molar-refractivity contribution is -0.118. The first-order valence-electron chi connectivity index (χ1n) is 6.54. The summed E-state index contributed by atoms with van der Waals surface area (Å²) in [4.78, 5) is 13.8. The molecular formula is C15H24N2O. The number of carbonyl (C=O) groups excluding carboxylic acids is 1. The number of nitrogens with two attached hydrogens (primary N) is 1. The van der Waals surface area contributed by atoms with Gasteiger partial charge in [-0.25, -0.2) is 0 Å². The lowest BCUT2D eigenvalue weighted by Crippen LogP contribution is -2.27. The van der Waals surface area contributed by atoms with Crippen LogP contribution in [0.25, 0.3) is 0 Å². The van der Waals surface area contributed by atoms with Crippen molar-refractivity contribution < 1.29 is 4.79 Å². The molecule has 1 amide bonds. The number of rotatable bonds is 5. The Labute approximate surface area is 110 Å². The van der Waals surface area contributed by atoms with Gasteiger partial charge >= 0.3 is 0 Å². The average Bonchev–Trinajstić information content (AvgIpc) is 2.35. The van der Waals surface area contributed by atoms with Gasteiger partial charge in [0.15, 0.2) is 0 Å². The van der Waals surface area contributed by atoms with Crippen molar-refractivity contribution in [3.05, 3.63) is 29.3 Å². The molecule has 1 aromatic rings. The van der Waals surface area contributed by atoms with Gasteiger partial charge in [-0.3, -0.25) is 4.79 Å². The van der Waals surface area contributed by atoms with E-state index in [4.69, 9.17) is 5.73 Å². The van der Waals surface area contributed by atoms with E-state index in [1.54, 1.807) is 4.90 Å². The molecule has 1 rings (SSSR count). The molecule has 3 nitrogen and oxygen atoms in total. The summed E-state index contributed by atoms with van der Waals surface area (Å²) in [6, 6.07) is 6.32. The maximum absolute atomic E-state index is 12.0. The number of hydrogen-bond acceptors (Lipinski definition) is 2. The van der Waals surface area contributed by atoms with Crippen LogP contribution in [0.5, 0.6) is 0 Å². The van der Waals surface area contributed by atoms with Crippen molar-refractivity contribution in [2.45, 2.75) is 39.5 Å². The van der Waals surface area contributed by atoms with Gasteiger partial charge in [0, 0.05) is 19.2 Å². The Morgan fingerprint density at radius 1 is 1.39 bits per heavy atom. The highest BCUT2D eigenvalue weighted by Crippen LogP contribution is 2.25. The molecule has 0 atom stereocenters. The molecule has 0 aliphatic heterocycles. The molecule has 0 saturated carbocycles. The van der Waals surface area contributed by atoms with E-state index in [1.807, 2.05) is 14.0 Å². The van der Waals surface area contributed by atoms with Crippen LogP contribution in [0.3, 0.4) is 0 Å². The quantitative estimate of drug-likeness (QED) is 0.871. The van der Waals surface area contributed by atoms with Crippen LogP contribution in [-0.4, -0.2) is 19.5 Å². The fraction of sp³-hybridized carbons (Fsp3) is 0.533. The minimum Gasteiger partial charge on any atom is -0.330 e. The van der Waals surface area contributed by atoms with Gasteiger partial charge < -0.3 is 10.6 Å². The van der Waals surface area contributed by atoms with Gasteiger partial charge in [0.1, 0.15) is 0 Å². The molecule has 0 aromatic heterocycles. The van der Waals surface area contributed by atoms with Crippen LogP contribution in [0.4, 0.5) is 5.69 Å². The molecule has 0 aliphatic carbocycles. The van der Waals surface area contributed by atoms with Crippen molar-refractivity contribution in [2.24, 2.45) is 5.73 Å². The molecule has 2 N–H and O–H groups in total. The first-order valence-corrected chi connectivity index (χ1v) is 6.54. The molecule has 0 bridgehead atoms. The zero-order valence-electron chi connectivity index (χ0n) is 11.9. The van der Waals surface area contributed by atoms with Gasteiger partial charge in [-0.2, -0.15) is 0 Å². The Hall–Kier alpha value is -1.35. The molecule has 0 spiro atoms. The summed E-state index contributed by atoms with van der Waals surface area (Å²) in [5.41, 5.74) is 8.83. The molecule has 0 radical (unpaired) electrons. The van der Waals surface area contributed by atoms with E-state index in [-0.39, 0.29) is 5.91 Å². The summed E-state index contributed by atoms with van der Waals surface area (Å²) < 4.78 is 0. The fourth-order valence-corrected chi connectivity index (χ4v) is 1.90. The smallest absolute Gasteiger partial charge is 0.226 e. The number of amides is 1. The van der Waals surface area contributed by atoms with Gasteiger partial charge in [0.05, 0.1) is 0 Å². The molecular weight excluding hydrogens is 224 g/mol. The third-order valence-corrected chi connectivity index (χ3v) is 3.23. The Kier molecular flexibility index (Phi) is 5.35. The highest BCUT2D eigenvalue weighted by atomic mass is 16.2. The maximum Gasteiger partial charge on any atom is 0.226 e. The van der Waals surface area contributed by atoms with E-state index in [0.717, 1.165) is 17.7 Å². The van der Waals surface area contributed by atoms with Crippen molar-refractivity contribution in [2.75, 3.05) is 18.5 Å². The summed E-state index contributed by atoms with van der Waals surface area (Å²) in [5.74, 6) is 0.598. The first kappa shape index (κ1) is 14.7. The van der Waals surface area contributed by atoms with E-state index in [9.17, 15) is 4.79 Å². The topological polar surface area (TPSA) is 46.3 Å². The van der Waals surface area contributed by atoms with Gasteiger partial charge in [-0.15, -0.1) is 0 Å². The molecule has 18 heavy (non-hydrogen) atoms. The van der Waals surface area contributed by atoms with Crippen LogP contribution < -0.4 is 10.6 Å². The average molecular weight is 248 g/mol. The van der Waals surface area contributed by atoms with E-state index in [1.165, 1.54) is 5.56 Å². The molecule has 0 aliphatic rings. The van der Waals surface area contributed by atoms with E-state index >= 15 is 0 Å². The molecule has 0 fully saturated rings. The Morgan fingerprint density at radius 3 is 2.61 bits per heavy atom. The van der Waals surface area contributed by atoms with Crippen molar-refractivity contribution in [1.29, 1.82) is 0 Å². The summed E-state index contributed by atoms with van der Waals surface area (Å²) in [6.45, 7) is 6.91. The van der Waals surface area contributed by atoms with Gasteiger partial charge in [-0.1, -0.05) is 26.0 Å². The predicted molar refractivity (Wildman–Crippen MR) is 77.0 cm³/mol. The fourth-order valence-electron chi connectivity index (χ4n) is 1.90. The summed E-state index contributed by atoms with van der Waals surface area (Å²) in [6.07, 6.45) is 1.25. The lowest BCUT2D eigenvalue weighted by atomic mass is 10.00. The summed E-state index contributed by atoms with van der Waals surface area (Å²) >= 11 is 0. The number of benzene rings is 1. The van der Waals surface area contributed by atoms with Crippen LogP contribution >= 0.6 is 0 Å². The van der Waals surface area contributed by atoms with Crippen LogP contribution in [0.15, 0.2) is 18.2 Å². The second-order valence-electron chi connectivity index (χ2n) is 5.05. The van der Waals surface area contributed by atoms with E-state index < -0.39 is 0 Å². The molecule has 100 valence electrons. The number of hydrogen-bond donors (Lipinski definition) is 1. The monoisotopic (exact) mass is 248 g/mol. The van der Waals surface area contributed by atoms with E-state index in [0.29, 0.717) is 18.9 Å². The largest absolute Gasteiger partial charge is 0.330 e. The maximum atomic E-state index is 12.0. The summed E-state index contributed by atoms with van der Waals surface area (Å²) in [7, 11) is 1.84. The molecule has 0 unspecified atom stereocenters. The normalized spacial score (nSPS) is 10.8. The van der Waals surface area contributed by atoms with Crippen LogP contribution in [-0.2, 0) is 4.79 Å². The SMILES string of the molecule is Cc1ccc(C(C)C)cc1N(C)C(=O)CCCN. The van der Waals surface area contributed by atoms with E-state index in [2.05, 4.69) is 32.0 Å². The minimum absolute atomic E-state index is 0.129. The van der Waals surface area contributed by atoms with Gasteiger partial charge in [0.25, 0.3) is 0 Å². The highest BCUT2D eigenvalue weighted by Gasteiger charge is 2.13. The predicted octanol–water partition coefficient (Wildman–Crippen LogP) is 2.82. The highest BCUT2D eigenvalue weighted by molar-refractivity contribution is 5.93. The van der Waals surface area contributed by atoms with Crippen LogP contribution in [0, 0.1) is 6.92 Å². The standard InChI is InChI=1S/C15H24N2O/c1-11(2)13-8-7-12(3)14(10-13)17(4)15(18)6-5-9-16/h7-8,10-11H,5-6,9,16H2,1-4H3. The Balaban J connectivity index is 2.93. The van der Waals surface area contributed by atoms with Gasteiger partial charge in [-0.05, 0) is 43.0 Å². The third-order valence-electron chi connectivity index (χ3n) is 3.23. The third kappa shape index (κ3) is 3.57. The Bertz CT molecular complexity index is 413. The van der Waals surface area contributed by atoms with Crippen molar-refractivity contribution in [1.82, 2.24) is 0 Å². The molecule has 0 heterocycles. The number of aryl methyl sites for hydroxylation is 1. The van der Waals surface area contributed by atoms with Crippen molar-refractivity contribution in [3.8, 4) is 0 Å². The lowest BCUT2D eigenvalue weighted by Gasteiger charge is -2.21. The first-order chi connectivity index (χ1) is 8.47. The second-order valence-corrected chi connectivity index (χ2v) is 5.05. The number of carbonyl (C=O) groups is 1. The number of anilines is 1. The van der Waals surface area contributed by atoms with Crippen LogP contribution in [0.1, 0.15) is 43.7 Å². The zero-order chi connectivity index (χ0) is 13.7. The van der Waals surface area contributed by atoms with Gasteiger partial charge in [0.2, 0.25) is 5.91 Å². The van der Waals surface area contributed by atoms with Crippen molar-refractivity contribution >= 4 is 11.6 Å². The van der Waals surface area contributed by atoms with Crippen LogP contribution in [0.2, 0.25) is 0 Å². The minimum atomic E-state index is 0.129. The number of nitrogens with zero attached hydrogens (tertiary/aromatic N) is 1. The second kappa shape index (κ2) is 6.55. The molecule has 3 heteroatoms. The Morgan fingerprint density at radius 2 is 2.06 bits per heavy atom. The zero-order valence-corrected chi connectivity index (χ0v) is 11.9. The van der Waals surface area contributed by atoms with Crippen molar-refractivity contribution in [3.63, 3.8) is 0 Å². The summed E-state index contributed by atoms with van der Waals surface area (Å²) in [5, 5.41) is 0.